The molecule has 1 aliphatic heterocycles. The van der Waals surface area contributed by atoms with Crippen molar-refractivity contribution in [1.29, 1.82) is 0 Å². The van der Waals surface area contributed by atoms with E-state index in [9.17, 15) is 5.11 Å². The average molecular weight is 469 g/mol. The van der Waals surface area contributed by atoms with Crippen LogP contribution in [0.15, 0.2) is 36.4 Å². The summed E-state index contributed by atoms with van der Waals surface area (Å²) in [5.74, 6) is 2.23. The minimum absolute atomic E-state index is 0.0956. The molecule has 1 N–H and O–H groups in total. The predicted molar refractivity (Wildman–Crippen MR) is 131 cm³/mol. The minimum Gasteiger partial charge on any atom is -0.496 e. The topological polar surface area (TPSA) is 64.7 Å². The smallest absolute Gasteiger partial charge is 0.199 e. The van der Waals surface area contributed by atoms with Crippen molar-refractivity contribution >= 4 is 12.2 Å². The molecule has 2 aromatic carbocycles. The van der Waals surface area contributed by atoms with Crippen LogP contribution in [0.25, 0.3) is 11.4 Å². The van der Waals surface area contributed by atoms with Crippen LogP contribution in [0.5, 0.6) is 11.5 Å². The predicted octanol–water partition coefficient (Wildman–Crippen LogP) is 4.44. The molecular formula is C25H32N4O3S. The molecule has 0 unspecified atom stereocenters. The Morgan fingerprint density at radius 1 is 1.06 bits per heavy atom. The number of hydrogen-bond acceptors (Lipinski definition) is 6. The van der Waals surface area contributed by atoms with Gasteiger partial charge in [-0.15, -0.1) is 0 Å². The third-order valence-electron chi connectivity index (χ3n) is 6.24. The fourth-order valence-corrected chi connectivity index (χ4v) is 4.58. The Hall–Kier alpha value is -2.68. The fourth-order valence-electron chi connectivity index (χ4n) is 4.39. The van der Waals surface area contributed by atoms with Crippen LogP contribution < -0.4 is 9.47 Å². The van der Waals surface area contributed by atoms with E-state index in [1.54, 1.807) is 14.2 Å². The summed E-state index contributed by atoms with van der Waals surface area (Å²) < 4.78 is 15.4. The van der Waals surface area contributed by atoms with Crippen LogP contribution >= 0.6 is 12.2 Å². The number of aromatic nitrogens is 3. The van der Waals surface area contributed by atoms with Crippen LogP contribution in [0.1, 0.15) is 43.6 Å². The lowest BCUT2D eigenvalue weighted by Crippen LogP contribution is -2.36. The van der Waals surface area contributed by atoms with Crippen molar-refractivity contribution in [3.63, 3.8) is 0 Å². The van der Waals surface area contributed by atoms with Gasteiger partial charge in [0.1, 0.15) is 11.5 Å². The zero-order valence-corrected chi connectivity index (χ0v) is 20.9. The van der Waals surface area contributed by atoms with Gasteiger partial charge in [0.05, 0.1) is 27.0 Å². The van der Waals surface area contributed by atoms with Crippen molar-refractivity contribution in [2.24, 2.45) is 7.05 Å². The van der Waals surface area contributed by atoms with Gasteiger partial charge in [-0.3, -0.25) is 4.90 Å². The van der Waals surface area contributed by atoms with Gasteiger partial charge in [0.2, 0.25) is 0 Å². The first-order valence-corrected chi connectivity index (χ1v) is 11.4. The highest BCUT2D eigenvalue weighted by atomic mass is 32.1. The lowest BCUT2D eigenvalue weighted by atomic mass is 9.87. The van der Waals surface area contributed by atoms with E-state index in [0.29, 0.717) is 30.3 Å². The molecule has 0 saturated carbocycles. The van der Waals surface area contributed by atoms with E-state index in [-0.39, 0.29) is 5.41 Å². The number of nitrogens with zero attached hydrogens (tertiary/aromatic N) is 4. The van der Waals surface area contributed by atoms with Crippen molar-refractivity contribution in [3.05, 3.63) is 57.9 Å². The SMILES string of the molecule is COc1ccc(OC)c2c1CN(Cn1nc(-c3ccc(C(C)(C)C)cc3)n(C)c1=S)C[C@@H]2O. The van der Waals surface area contributed by atoms with E-state index in [1.165, 1.54) is 5.56 Å². The molecule has 33 heavy (non-hydrogen) atoms. The molecule has 7 nitrogen and oxygen atoms in total. The summed E-state index contributed by atoms with van der Waals surface area (Å²) in [4.78, 5) is 2.12. The second-order valence-corrected chi connectivity index (χ2v) is 9.89. The first kappa shape index (κ1) is 23.5. The number of aliphatic hydroxyl groups excluding tert-OH is 1. The Morgan fingerprint density at radius 2 is 1.70 bits per heavy atom. The van der Waals surface area contributed by atoms with Crippen molar-refractivity contribution < 1.29 is 14.6 Å². The van der Waals surface area contributed by atoms with Gasteiger partial charge in [-0.1, -0.05) is 45.0 Å². The van der Waals surface area contributed by atoms with Crippen LogP contribution in [0, 0.1) is 4.77 Å². The molecule has 0 fully saturated rings. The zero-order chi connectivity index (χ0) is 23.9. The van der Waals surface area contributed by atoms with Crippen molar-refractivity contribution in [3.8, 4) is 22.9 Å². The monoisotopic (exact) mass is 468 g/mol. The zero-order valence-electron chi connectivity index (χ0n) is 20.1. The molecule has 0 spiro atoms. The summed E-state index contributed by atoms with van der Waals surface area (Å²) >= 11 is 5.69. The summed E-state index contributed by atoms with van der Waals surface area (Å²) in [6, 6.07) is 12.2. The van der Waals surface area contributed by atoms with Gasteiger partial charge in [-0.05, 0) is 35.3 Å². The highest BCUT2D eigenvalue weighted by Gasteiger charge is 2.30. The molecule has 1 aromatic heterocycles. The normalized spacial score (nSPS) is 16.5. The fraction of sp³-hybridized carbons (Fsp3) is 0.440. The number of benzene rings is 2. The molecule has 4 rings (SSSR count). The number of hydrogen-bond donors (Lipinski definition) is 1. The molecule has 1 aliphatic rings. The molecule has 8 heteroatoms. The maximum Gasteiger partial charge on any atom is 0.199 e. The summed E-state index contributed by atoms with van der Waals surface area (Å²) in [7, 11) is 5.19. The third kappa shape index (κ3) is 4.43. The molecular weight excluding hydrogens is 436 g/mol. The van der Waals surface area contributed by atoms with Gasteiger partial charge in [0.15, 0.2) is 10.6 Å². The van der Waals surface area contributed by atoms with E-state index in [2.05, 4.69) is 49.9 Å². The lowest BCUT2D eigenvalue weighted by molar-refractivity contribution is 0.0670. The van der Waals surface area contributed by atoms with E-state index in [4.69, 9.17) is 26.8 Å². The lowest BCUT2D eigenvalue weighted by Gasteiger charge is -2.33. The summed E-state index contributed by atoms with van der Waals surface area (Å²) in [5.41, 5.74) is 4.11. The quantitative estimate of drug-likeness (QED) is 0.559. The largest absolute Gasteiger partial charge is 0.496 e. The number of rotatable bonds is 5. The Morgan fingerprint density at radius 3 is 2.30 bits per heavy atom. The Balaban J connectivity index is 1.62. The second kappa shape index (κ2) is 8.93. The summed E-state index contributed by atoms with van der Waals surface area (Å²) in [6.45, 7) is 8.12. The molecule has 1 atom stereocenters. The van der Waals surface area contributed by atoms with E-state index < -0.39 is 6.10 Å². The van der Waals surface area contributed by atoms with Gasteiger partial charge in [0, 0.05) is 36.8 Å². The standard InChI is InChI=1S/C25H32N4O3S/c1-25(2,3)17-9-7-16(8-10-17)23-26-29(24(33)27(23)4)15-28-13-18-20(31-5)11-12-21(32-6)22(18)19(30)14-28/h7-12,19,30H,13-15H2,1-6H3/t19-/m0/s1. The maximum atomic E-state index is 10.9. The van der Waals surface area contributed by atoms with Crippen molar-refractivity contribution in [2.75, 3.05) is 20.8 Å². The highest BCUT2D eigenvalue weighted by Crippen LogP contribution is 2.39. The Kier molecular flexibility index (Phi) is 6.35. The minimum atomic E-state index is -0.693. The number of fused-ring (bicyclic) bond motifs is 1. The van der Waals surface area contributed by atoms with Gasteiger partial charge in [-0.25, -0.2) is 4.68 Å². The van der Waals surface area contributed by atoms with Crippen LogP contribution in [0.2, 0.25) is 0 Å². The number of β-amino-alcohol motifs (C(OH)–C–C–N with tert-alkyl or cyclic N) is 1. The average Bonchev–Trinajstić information content (AvgIpc) is 3.06. The van der Waals surface area contributed by atoms with Crippen molar-refractivity contribution in [1.82, 2.24) is 19.2 Å². The first-order chi connectivity index (χ1) is 15.6. The first-order valence-electron chi connectivity index (χ1n) is 11.0. The van der Waals surface area contributed by atoms with Gasteiger partial charge in [0.25, 0.3) is 0 Å². The second-order valence-electron chi connectivity index (χ2n) is 9.52. The Bertz CT molecular complexity index is 1210. The molecule has 2 heterocycles. The molecule has 176 valence electrons. The van der Waals surface area contributed by atoms with E-state index in [1.807, 2.05) is 28.4 Å². The van der Waals surface area contributed by atoms with E-state index in [0.717, 1.165) is 28.3 Å². The van der Waals surface area contributed by atoms with Gasteiger partial charge in [-0.2, -0.15) is 5.10 Å². The molecule has 3 aromatic rings. The molecule has 0 radical (unpaired) electrons. The van der Waals surface area contributed by atoms with Crippen LogP contribution in [-0.2, 0) is 25.7 Å². The van der Waals surface area contributed by atoms with Crippen LogP contribution in [0.3, 0.4) is 0 Å². The van der Waals surface area contributed by atoms with Crippen molar-refractivity contribution in [2.45, 2.75) is 45.5 Å². The number of ether oxygens (including phenoxy) is 2. The molecule has 0 bridgehead atoms. The summed E-state index contributed by atoms with van der Waals surface area (Å²) in [5, 5.41) is 15.7. The van der Waals surface area contributed by atoms with Gasteiger partial charge < -0.3 is 19.1 Å². The number of methoxy groups -OCH3 is 2. The molecule has 0 saturated heterocycles. The third-order valence-corrected chi connectivity index (χ3v) is 6.73. The molecule has 0 amide bonds. The van der Waals surface area contributed by atoms with Crippen LogP contribution in [0.4, 0.5) is 0 Å². The maximum absolute atomic E-state index is 10.9. The molecule has 0 aliphatic carbocycles. The highest BCUT2D eigenvalue weighted by molar-refractivity contribution is 7.71. The Labute approximate surface area is 200 Å². The summed E-state index contributed by atoms with van der Waals surface area (Å²) in [6.07, 6.45) is -0.693. The number of aliphatic hydroxyl groups is 1. The van der Waals surface area contributed by atoms with E-state index >= 15 is 0 Å². The van der Waals surface area contributed by atoms with Gasteiger partial charge >= 0.3 is 0 Å². The van der Waals surface area contributed by atoms with Crippen LogP contribution in [-0.4, -0.2) is 45.1 Å².